The molecule has 0 spiro atoms. The van der Waals surface area contributed by atoms with Gasteiger partial charge in [-0.1, -0.05) is 11.6 Å². The number of anilines is 1. The lowest BCUT2D eigenvalue weighted by atomic mass is 10.2. The first-order chi connectivity index (χ1) is 9.82. The van der Waals surface area contributed by atoms with Crippen molar-refractivity contribution < 1.29 is 17.9 Å². The molecule has 1 aromatic rings. The maximum absolute atomic E-state index is 12.1. The second-order valence-electron chi connectivity index (χ2n) is 4.95. The molecule has 1 aliphatic heterocycles. The molecule has 8 heteroatoms. The summed E-state index contributed by atoms with van der Waals surface area (Å²) >= 11 is 5.99. The highest BCUT2D eigenvalue weighted by Crippen LogP contribution is 2.27. The van der Waals surface area contributed by atoms with Crippen LogP contribution in [0.2, 0.25) is 5.02 Å². The summed E-state index contributed by atoms with van der Waals surface area (Å²) in [5.41, 5.74) is 0.526. The van der Waals surface area contributed by atoms with E-state index in [0.717, 1.165) is 0 Å². The number of halogens is 1. The minimum atomic E-state index is -3.02. The van der Waals surface area contributed by atoms with E-state index in [0.29, 0.717) is 22.9 Å². The van der Waals surface area contributed by atoms with Crippen LogP contribution in [0.4, 0.5) is 10.5 Å². The molecule has 1 heterocycles. The number of nitrogens with zero attached hydrogens (tertiary/aromatic N) is 1. The van der Waals surface area contributed by atoms with E-state index < -0.39 is 9.84 Å². The number of nitrogens with one attached hydrogen (secondary N) is 1. The molecule has 1 unspecified atom stereocenters. The van der Waals surface area contributed by atoms with Crippen molar-refractivity contribution in [2.45, 2.75) is 12.5 Å². The van der Waals surface area contributed by atoms with Crippen LogP contribution in [-0.4, -0.2) is 51.1 Å². The Bertz CT molecular complexity index is 648. The summed E-state index contributed by atoms with van der Waals surface area (Å²) in [4.78, 5) is 13.5. The van der Waals surface area contributed by atoms with E-state index >= 15 is 0 Å². The largest absolute Gasteiger partial charge is 0.495 e. The van der Waals surface area contributed by atoms with Crippen LogP contribution in [0.1, 0.15) is 6.42 Å². The molecule has 2 amide bonds. The maximum atomic E-state index is 12.1. The van der Waals surface area contributed by atoms with Crippen LogP contribution in [0.15, 0.2) is 18.2 Å². The van der Waals surface area contributed by atoms with Crippen molar-refractivity contribution in [3.05, 3.63) is 23.2 Å². The first-order valence-corrected chi connectivity index (χ1v) is 8.60. The zero-order valence-electron chi connectivity index (χ0n) is 11.8. The molecule has 1 aliphatic rings. The van der Waals surface area contributed by atoms with E-state index in [-0.39, 0.29) is 23.6 Å². The molecular formula is C13H17ClN2O4S. The molecule has 1 fully saturated rings. The Labute approximate surface area is 128 Å². The van der Waals surface area contributed by atoms with Gasteiger partial charge in [0.2, 0.25) is 0 Å². The zero-order valence-corrected chi connectivity index (χ0v) is 13.4. The van der Waals surface area contributed by atoms with Gasteiger partial charge in [-0.15, -0.1) is 0 Å². The molecule has 1 atom stereocenters. The molecule has 0 aromatic heterocycles. The fourth-order valence-corrected chi connectivity index (χ4v) is 4.23. The number of carbonyl (C=O) groups is 1. The van der Waals surface area contributed by atoms with Gasteiger partial charge in [0, 0.05) is 18.8 Å². The van der Waals surface area contributed by atoms with E-state index in [1.807, 2.05) is 0 Å². The Balaban J connectivity index is 2.02. The van der Waals surface area contributed by atoms with Crippen LogP contribution in [0.5, 0.6) is 5.75 Å². The standard InChI is InChI=1S/C13H17ClN2O4S/c1-16(10-5-6-21(18,19)8-10)13(17)15-9-3-4-12(20-2)11(14)7-9/h3-4,7,10H,5-6,8H2,1-2H3,(H,15,17). The highest BCUT2D eigenvalue weighted by Gasteiger charge is 2.32. The van der Waals surface area contributed by atoms with Crippen LogP contribution in [0.3, 0.4) is 0 Å². The van der Waals surface area contributed by atoms with Gasteiger partial charge in [-0.05, 0) is 24.6 Å². The Hall–Kier alpha value is -1.47. The van der Waals surface area contributed by atoms with Gasteiger partial charge >= 0.3 is 6.03 Å². The number of amides is 2. The molecule has 2 rings (SSSR count). The van der Waals surface area contributed by atoms with E-state index in [1.165, 1.54) is 12.0 Å². The van der Waals surface area contributed by atoms with Gasteiger partial charge in [0.05, 0.1) is 23.6 Å². The van der Waals surface area contributed by atoms with Gasteiger partial charge in [0.25, 0.3) is 0 Å². The highest BCUT2D eigenvalue weighted by atomic mass is 35.5. The average Bonchev–Trinajstić information content (AvgIpc) is 2.78. The lowest BCUT2D eigenvalue weighted by molar-refractivity contribution is 0.209. The normalized spacial score (nSPS) is 20.0. The number of carbonyl (C=O) groups excluding carboxylic acids is 1. The Morgan fingerprint density at radius 3 is 2.71 bits per heavy atom. The van der Waals surface area contributed by atoms with Crippen molar-refractivity contribution >= 4 is 33.2 Å². The average molecular weight is 333 g/mol. The van der Waals surface area contributed by atoms with Gasteiger partial charge in [-0.2, -0.15) is 0 Å². The van der Waals surface area contributed by atoms with E-state index in [9.17, 15) is 13.2 Å². The molecule has 6 nitrogen and oxygen atoms in total. The number of ether oxygens (including phenoxy) is 1. The third-order valence-corrected chi connectivity index (χ3v) is 5.53. The lowest BCUT2D eigenvalue weighted by Gasteiger charge is -2.23. The van der Waals surface area contributed by atoms with Crippen LogP contribution in [-0.2, 0) is 9.84 Å². The van der Waals surface area contributed by atoms with Gasteiger partial charge in [-0.25, -0.2) is 13.2 Å². The summed E-state index contributed by atoms with van der Waals surface area (Å²) < 4.78 is 27.9. The van der Waals surface area contributed by atoms with Crippen molar-refractivity contribution in [1.82, 2.24) is 4.90 Å². The molecule has 21 heavy (non-hydrogen) atoms. The molecule has 0 aliphatic carbocycles. The minimum Gasteiger partial charge on any atom is -0.495 e. The highest BCUT2D eigenvalue weighted by molar-refractivity contribution is 7.91. The van der Waals surface area contributed by atoms with Gasteiger partial charge < -0.3 is 15.0 Å². The first kappa shape index (κ1) is 15.9. The predicted molar refractivity (Wildman–Crippen MR) is 81.8 cm³/mol. The summed E-state index contributed by atoms with van der Waals surface area (Å²) in [5.74, 6) is 0.661. The van der Waals surface area contributed by atoms with Crippen LogP contribution in [0.25, 0.3) is 0 Å². The quantitative estimate of drug-likeness (QED) is 0.918. The van der Waals surface area contributed by atoms with Crippen molar-refractivity contribution in [1.29, 1.82) is 0 Å². The zero-order chi connectivity index (χ0) is 15.6. The third-order valence-electron chi connectivity index (χ3n) is 3.48. The van der Waals surface area contributed by atoms with Gasteiger partial charge in [-0.3, -0.25) is 0 Å². The molecule has 0 saturated carbocycles. The van der Waals surface area contributed by atoms with Crippen molar-refractivity contribution in [3.8, 4) is 5.75 Å². The second kappa shape index (κ2) is 6.11. The Kier molecular flexibility index (Phi) is 4.63. The molecule has 116 valence electrons. The Morgan fingerprint density at radius 2 is 2.19 bits per heavy atom. The second-order valence-corrected chi connectivity index (χ2v) is 7.58. The maximum Gasteiger partial charge on any atom is 0.321 e. The van der Waals surface area contributed by atoms with Crippen LogP contribution in [0, 0.1) is 0 Å². The number of hydrogen-bond acceptors (Lipinski definition) is 4. The summed E-state index contributed by atoms with van der Waals surface area (Å²) in [5, 5.41) is 3.08. The molecule has 1 aromatic carbocycles. The number of hydrogen-bond donors (Lipinski definition) is 1. The van der Waals surface area contributed by atoms with Crippen LogP contribution >= 0.6 is 11.6 Å². The summed E-state index contributed by atoms with van der Waals surface area (Å²) in [6, 6.07) is 4.25. The first-order valence-electron chi connectivity index (χ1n) is 6.40. The van der Waals surface area contributed by atoms with Gasteiger partial charge in [0.1, 0.15) is 5.75 Å². The van der Waals surface area contributed by atoms with Crippen molar-refractivity contribution in [2.75, 3.05) is 31.0 Å². The minimum absolute atomic E-state index is 0.0142. The van der Waals surface area contributed by atoms with Gasteiger partial charge in [0.15, 0.2) is 9.84 Å². The number of urea groups is 1. The molecule has 1 N–H and O–H groups in total. The monoisotopic (exact) mass is 332 g/mol. The number of methoxy groups -OCH3 is 1. The summed E-state index contributed by atoms with van der Waals surface area (Å²) in [7, 11) is 0.0751. The number of rotatable bonds is 3. The van der Waals surface area contributed by atoms with E-state index in [1.54, 1.807) is 25.2 Å². The Morgan fingerprint density at radius 1 is 1.48 bits per heavy atom. The fraction of sp³-hybridized carbons (Fsp3) is 0.462. The topological polar surface area (TPSA) is 75.7 Å². The summed E-state index contributed by atoms with van der Waals surface area (Å²) in [6.45, 7) is 0. The van der Waals surface area contributed by atoms with Crippen molar-refractivity contribution in [3.63, 3.8) is 0 Å². The smallest absolute Gasteiger partial charge is 0.321 e. The van der Waals surface area contributed by atoms with Crippen molar-refractivity contribution in [2.24, 2.45) is 0 Å². The predicted octanol–water partition coefficient (Wildman–Crippen LogP) is 2.00. The molecule has 0 radical (unpaired) electrons. The molecular weight excluding hydrogens is 316 g/mol. The van der Waals surface area contributed by atoms with E-state index in [2.05, 4.69) is 5.32 Å². The number of sulfone groups is 1. The van der Waals surface area contributed by atoms with E-state index in [4.69, 9.17) is 16.3 Å². The SMILES string of the molecule is COc1ccc(NC(=O)N(C)C2CCS(=O)(=O)C2)cc1Cl. The fourth-order valence-electron chi connectivity index (χ4n) is 2.20. The molecule has 0 bridgehead atoms. The number of benzene rings is 1. The lowest BCUT2D eigenvalue weighted by Crippen LogP contribution is -2.40. The van der Waals surface area contributed by atoms with Crippen LogP contribution < -0.4 is 10.1 Å². The third kappa shape index (κ3) is 3.79. The summed E-state index contributed by atoms with van der Waals surface area (Å²) in [6.07, 6.45) is 0.468. The molecule has 1 saturated heterocycles.